The van der Waals surface area contributed by atoms with Gasteiger partial charge in [-0.2, -0.15) is 13.2 Å². The highest BCUT2D eigenvalue weighted by atomic mass is 19.4. The Morgan fingerprint density at radius 2 is 1.81 bits per heavy atom. The van der Waals surface area contributed by atoms with E-state index in [9.17, 15) is 22.4 Å². The van der Waals surface area contributed by atoms with Crippen LogP contribution in [0.5, 0.6) is 0 Å². The van der Waals surface area contributed by atoms with Crippen LogP contribution in [0.3, 0.4) is 0 Å². The summed E-state index contributed by atoms with van der Waals surface area (Å²) in [5.74, 6) is -4.62. The third kappa shape index (κ3) is 4.62. The third-order valence-electron chi connectivity index (χ3n) is 2.68. The number of carbonyl (C=O) groups is 2. The molecule has 1 aromatic rings. The lowest BCUT2D eigenvalue weighted by molar-refractivity contribution is -0.192. The number of aliphatic carboxylic acids is 2. The molecule has 0 saturated heterocycles. The number of carboxylic acids is 2. The fourth-order valence-electron chi connectivity index (χ4n) is 1.75. The highest BCUT2D eigenvalue weighted by Crippen LogP contribution is 2.32. The van der Waals surface area contributed by atoms with Crippen LogP contribution in [0.25, 0.3) is 0 Å². The van der Waals surface area contributed by atoms with Gasteiger partial charge in [0.05, 0.1) is 5.92 Å². The average molecular weight is 309 g/mol. The molecule has 1 heterocycles. The molecule has 116 valence electrons. The Bertz CT molecular complexity index is 545. The number of hydrogen-bond donors (Lipinski definition) is 3. The highest BCUT2D eigenvalue weighted by molar-refractivity contribution is 5.80. The minimum Gasteiger partial charge on any atom is -0.481 e. The summed E-state index contributed by atoms with van der Waals surface area (Å²) in [6.07, 6.45) is -4.58. The van der Waals surface area contributed by atoms with Gasteiger partial charge in [-0.15, -0.1) is 0 Å². The van der Waals surface area contributed by atoms with Crippen molar-refractivity contribution in [2.24, 2.45) is 0 Å². The quantitative estimate of drug-likeness (QED) is 0.694. The maximum Gasteiger partial charge on any atom is 0.490 e. The first kappa shape index (κ1) is 16.7. The maximum absolute atomic E-state index is 12.9. The van der Waals surface area contributed by atoms with Gasteiger partial charge in [0.25, 0.3) is 0 Å². The fraction of sp³-hybridized carbons (Fsp3) is 0.333. The average Bonchev–Trinajstić information content (AvgIpc) is 2.37. The Morgan fingerprint density at radius 3 is 2.29 bits per heavy atom. The molecule has 0 aliphatic carbocycles. The lowest BCUT2D eigenvalue weighted by atomic mass is 9.91. The van der Waals surface area contributed by atoms with Crippen molar-refractivity contribution in [2.75, 3.05) is 11.9 Å². The van der Waals surface area contributed by atoms with E-state index >= 15 is 0 Å². The van der Waals surface area contributed by atoms with Gasteiger partial charge >= 0.3 is 18.1 Å². The number of benzene rings is 1. The number of anilines is 1. The van der Waals surface area contributed by atoms with Crippen molar-refractivity contribution >= 4 is 17.6 Å². The van der Waals surface area contributed by atoms with Crippen LogP contribution in [0, 0.1) is 5.82 Å². The standard InChI is InChI=1S/C10H10FNO2.C2HF3O2/c11-6-1-2-9-8(5-6)7(10(13)14)3-4-12-9;3-2(4,5)1(6)7/h1-2,5,7,12H,3-4H2,(H,13,14);(H,6,7). The SMILES string of the molecule is O=C(O)C(F)(F)F.O=C(O)C1CCNc2ccc(F)cc21. The van der Waals surface area contributed by atoms with Gasteiger partial charge in [-0.3, -0.25) is 4.79 Å². The van der Waals surface area contributed by atoms with Crippen LogP contribution in [0.15, 0.2) is 18.2 Å². The van der Waals surface area contributed by atoms with E-state index in [1.54, 1.807) is 6.07 Å². The van der Waals surface area contributed by atoms with E-state index in [1.807, 2.05) is 0 Å². The molecule has 1 unspecified atom stereocenters. The van der Waals surface area contributed by atoms with E-state index in [4.69, 9.17) is 15.0 Å². The predicted octanol–water partition coefficient (Wildman–Crippen LogP) is 2.44. The van der Waals surface area contributed by atoms with E-state index < -0.39 is 29.9 Å². The van der Waals surface area contributed by atoms with Crippen molar-refractivity contribution in [3.8, 4) is 0 Å². The van der Waals surface area contributed by atoms with Crippen molar-refractivity contribution in [1.82, 2.24) is 0 Å². The predicted molar refractivity (Wildman–Crippen MR) is 63.6 cm³/mol. The second kappa shape index (κ2) is 6.42. The van der Waals surface area contributed by atoms with Crippen LogP contribution in [-0.2, 0) is 9.59 Å². The fourth-order valence-corrected chi connectivity index (χ4v) is 1.75. The first-order valence-corrected chi connectivity index (χ1v) is 5.69. The molecule has 5 nitrogen and oxygen atoms in total. The minimum atomic E-state index is -5.08. The van der Waals surface area contributed by atoms with E-state index in [-0.39, 0.29) is 0 Å². The Hall–Kier alpha value is -2.32. The molecule has 1 aromatic carbocycles. The molecule has 3 N–H and O–H groups in total. The molecule has 1 aliphatic heterocycles. The molecule has 1 atom stereocenters. The Balaban J connectivity index is 0.000000270. The summed E-state index contributed by atoms with van der Waals surface area (Å²) in [4.78, 5) is 19.8. The molecule has 2 rings (SSSR count). The molecular formula is C12H11F4NO4. The molecule has 0 saturated carbocycles. The molecule has 0 radical (unpaired) electrons. The topological polar surface area (TPSA) is 86.6 Å². The highest BCUT2D eigenvalue weighted by Gasteiger charge is 2.38. The minimum absolute atomic E-state index is 0.390. The van der Waals surface area contributed by atoms with Gasteiger partial charge in [-0.1, -0.05) is 0 Å². The van der Waals surface area contributed by atoms with Gasteiger partial charge < -0.3 is 15.5 Å². The summed E-state index contributed by atoms with van der Waals surface area (Å²) in [7, 11) is 0. The van der Waals surface area contributed by atoms with Gasteiger partial charge in [0.15, 0.2) is 0 Å². The van der Waals surface area contributed by atoms with E-state index in [0.717, 1.165) is 5.69 Å². The van der Waals surface area contributed by atoms with Crippen LogP contribution in [0.2, 0.25) is 0 Å². The lowest BCUT2D eigenvalue weighted by Crippen LogP contribution is -2.22. The van der Waals surface area contributed by atoms with Crippen LogP contribution in [0.4, 0.5) is 23.2 Å². The van der Waals surface area contributed by atoms with E-state index in [2.05, 4.69) is 5.32 Å². The third-order valence-corrected chi connectivity index (χ3v) is 2.68. The van der Waals surface area contributed by atoms with Crippen LogP contribution in [0.1, 0.15) is 17.9 Å². The normalized spacial score (nSPS) is 16.9. The number of carboxylic acid groups (broad SMARTS) is 2. The monoisotopic (exact) mass is 309 g/mol. The number of nitrogens with one attached hydrogen (secondary N) is 1. The zero-order valence-corrected chi connectivity index (χ0v) is 10.4. The van der Waals surface area contributed by atoms with E-state index in [1.165, 1.54) is 12.1 Å². The summed E-state index contributed by atoms with van der Waals surface area (Å²) in [6, 6.07) is 4.20. The first-order valence-electron chi connectivity index (χ1n) is 5.69. The van der Waals surface area contributed by atoms with Gasteiger partial charge in [0.2, 0.25) is 0 Å². The van der Waals surface area contributed by atoms with Gasteiger partial charge in [-0.25, -0.2) is 9.18 Å². The van der Waals surface area contributed by atoms with Crippen LogP contribution in [-0.4, -0.2) is 34.9 Å². The smallest absolute Gasteiger partial charge is 0.481 e. The zero-order valence-electron chi connectivity index (χ0n) is 10.4. The molecule has 0 amide bonds. The zero-order chi connectivity index (χ0) is 16.2. The second-order valence-corrected chi connectivity index (χ2v) is 4.14. The van der Waals surface area contributed by atoms with Crippen molar-refractivity contribution < 1.29 is 37.4 Å². The molecule has 0 fully saturated rings. The van der Waals surface area contributed by atoms with Crippen molar-refractivity contribution in [1.29, 1.82) is 0 Å². The van der Waals surface area contributed by atoms with Crippen molar-refractivity contribution in [3.63, 3.8) is 0 Å². The Kier molecular flexibility index (Phi) is 5.12. The molecule has 1 aliphatic rings. The largest absolute Gasteiger partial charge is 0.490 e. The van der Waals surface area contributed by atoms with Crippen LogP contribution < -0.4 is 5.32 Å². The molecule has 0 aromatic heterocycles. The number of hydrogen-bond acceptors (Lipinski definition) is 3. The molecule has 21 heavy (non-hydrogen) atoms. The summed E-state index contributed by atoms with van der Waals surface area (Å²) >= 11 is 0. The van der Waals surface area contributed by atoms with Crippen molar-refractivity contribution in [3.05, 3.63) is 29.6 Å². The number of halogens is 4. The van der Waals surface area contributed by atoms with Crippen molar-refractivity contribution in [2.45, 2.75) is 18.5 Å². The summed E-state index contributed by atoms with van der Waals surface area (Å²) < 4.78 is 44.6. The summed E-state index contributed by atoms with van der Waals surface area (Å²) in [5, 5.41) is 19.1. The molecule has 9 heteroatoms. The van der Waals surface area contributed by atoms with E-state index in [0.29, 0.717) is 18.5 Å². The number of alkyl halides is 3. The molecular weight excluding hydrogens is 298 g/mol. The first-order chi connectivity index (χ1) is 9.62. The molecule has 0 spiro atoms. The van der Waals surface area contributed by atoms with Gasteiger partial charge in [0.1, 0.15) is 5.82 Å². The summed E-state index contributed by atoms with van der Waals surface area (Å²) in [5.41, 5.74) is 1.27. The van der Waals surface area contributed by atoms with Gasteiger partial charge in [0, 0.05) is 12.2 Å². The van der Waals surface area contributed by atoms with Crippen LogP contribution >= 0.6 is 0 Å². The Labute approximate surface area is 116 Å². The Morgan fingerprint density at radius 1 is 1.24 bits per heavy atom. The van der Waals surface area contributed by atoms with Gasteiger partial charge in [-0.05, 0) is 30.2 Å². The second-order valence-electron chi connectivity index (χ2n) is 4.14. The maximum atomic E-state index is 12.9. The number of fused-ring (bicyclic) bond motifs is 1. The molecule has 0 bridgehead atoms. The lowest BCUT2D eigenvalue weighted by Gasteiger charge is -2.23. The summed E-state index contributed by atoms with van der Waals surface area (Å²) in [6.45, 7) is 0.621. The number of rotatable bonds is 1.